The average molecular weight is 670 g/mol. The van der Waals surface area contributed by atoms with Gasteiger partial charge >= 0.3 is 0 Å². The van der Waals surface area contributed by atoms with Crippen molar-refractivity contribution in [3.63, 3.8) is 0 Å². The predicted molar refractivity (Wildman–Crippen MR) is 197 cm³/mol. The molecule has 0 aliphatic heterocycles. The molecule has 0 amide bonds. The summed E-state index contributed by atoms with van der Waals surface area (Å²) in [4.78, 5) is 11.1. The summed E-state index contributed by atoms with van der Waals surface area (Å²) in [5.41, 5.74) is 12.6. The third-order valence-corrected chi connectivity index (χ3v) is 10.5. The zero-order valence-electron chi connectivity index (χ0n) is 26.4. The Morgan fingerprint density at radius 3 is 1.47 bits per heavy atom. The van der Waals surface area contributed by atoms with E-state index in [1.165, 1.54) is 38.9 Å². The zero-order chi connectivity index (χ0) is 32.0. The van der Waals surface area contributed by atoms with E-state index in [1.54, 1.807) is 0 Å². The number of rotatable bonds is 5. The highest BCUT2D eigenvalue weighted by molar-refractivity contribution is 9.09. The van der Waals surface area contributed by atoms with E-state index in [0.717, 1.165) is 33.9 Å². The minimum atomic E-state index is -0.775. The third kappa shape index (κ3) is 4.77. The Morgan fingerprint density at radius 2 is 0.872 bits per heavy atom. The number of hydrogen-bond acceptors (Lipinski definition) is 2. The van der Waals surface area contributed by atoms with E-state index in [9.17, 15) is 0 Å². The molecule has 0 saturated heterocycles. The molecule has 6 aromatic carbocycles. The number of benzene rings is 6. The van der Waals surface area contributed by atoms with Crippen LogP contribution < -0.4 is 0 Å². The lowest BCUT2D eigenvalue weighted by Crippen LogP contribution is -2.42. The van der Waals surface area contributed by atoms with Gasteiger partial charge in [0, 0.05) is 11.1 Å². The van der Waals surface area contributed by atoms with Crippen LogP contribution >= 0.6 is 15.9 Å². The Bertz CT molecular complexity index is 2190. The number of nitrogens with zero attached hydrogens (tertiary/aromatic N) is 2. The van der Waals surface area contributed by atoms with Gasteiger partial charge in [-0.2, -0.15) is 0 Å². The molecule has 0 unspecified atom stereocenters. The average Bonchev–Trinajstić information content (AvgIpc) is 3.13. The Labute approximate surface area is 285 Å². The summed E-state index contributed by atoms with van der Waals surface area (Å²) in [5.74, 6) is 0.760. The zero-order valence-corrected chi connectivity index (χ0v) is 27.9. The highest BCUT2D eigenvalue weighted by Gasteiger charge is 2.52. The maximum atomic E-state index is 5.60. The van der Waals surface area contributed by atoms with E-state index < -0.39 is 9.74 Å². The van der Waals surface area contributed by atoms with Gasteiger partial charge in [-0.25, -0.2) is 9.97 Å². The maximum absolute atomic E-state index is 5.60. The SMILES string of the molecule is Cc1ccccc1C1(c2nc(-c3ccccc3)cc(-c3cccc(-c4ccccc4)c3)n2)c2ccccc2C(C)(Br)c2ccccc21. The fourth-order valence-electron chi connectivity index (χ4n) is 7.38. The number of alkyl halides is 1. The summed E-state index contributed by atoms with van der Waals surface area (Å²) in [6.45, 7) is 4.46. The minimum absolute atomic E-state index is 0.393. The highest BCUT2D eigenvalue weighted by atomic mass is 79.9. The molecule has 1 aromatic heterocycles. The summed E-state index contributed by atoms with van der Waals surface area (Å²) in [6, 6.07) is 58.2. The van der Waals surface area contributed by atoms with E-state index >= 15 is 0 Å². The van der Waals surface area contributed by atoms with Gasteiger partial charge in [-0.3, -0.25) is 0 Å². The molecule has 0 saturated carbocycles. The summed E-state index contributed by atoms with van der Waals surface area (Å²) < 4.78 is -0.393. The first-order chi connectivity index (χ1) is 23.0. The quantitative estimate of drug-likeness (QED) is 0.171. The molecule has 2 nitrogen and oxygen atoms in total. The lowest BCUT2D eigenvalue weighted by Gasteiger charge is -2.46. The van der Waals surface area contributed by atoms with Crippen LogP contribution in [0, 0.1) is 6.92 Å². The second kappa shape index (κ2) is 11.6. The van der Waals surface area contributed by atoms with Crippen molar-refractivity contribution in [3.05, 3.63) is 203 Å². The molecule has 7 aromatic rings. The highest BCUT2D eigenvalue weighted by Crippen LogP contribution is 2.57. The van der Waals surface area contributed by atoms with Gasteiger partial charge in [-0.05, 0) is 70.5 Å². The van der Waals surface area contributed by atoms with Gasteiger partial charge in [-0.1, -0.05) is 168 Å². The lowest BCUT2D eigenvalue weighted by molar-refractivity contribution is 0.615. The van der Waals surface area contributed by atoms with Crippen LogP contribution in [0.5, 0.6) is 0 Å². The molecule has 0 atom stereocenters. The van der Waals surface area contributed by atoms with E-state index in [4.69, 9.17) is 9.97 Å². The van der Waals surface area contributed by atoms with Crippen molar-refractivity contribution in [1.29, 1.82) is 0 Å². The predicted octanol–water partition coefficient (Wildman–Crippen LogP) is 11.1. The number of halogens is 1. The molecule has 1 aliphatic carbocycles. The van der Waals surface area contributed by atoms with Gasteiger partial charge in [0.25, 0.3) is 0 Å². The van der Waals surface area contributed by atoms with Gasteiger partial charge in [0.05, 0.1) is 15.7 Å². The van der Waals surface area contributed by atoms with Crippen LogP contribution in [0.15, 0.2) is 164 Å². The Kier molecular flexibility index (Phi) is 7.23. The van der Waals surface area contributed by atoms with E-state index in [2.05, 4.69) is 194 Å². The third-order valence-electron chi connectivity index (χ3n) is 9.62. The molecule has 8 rings (SSSR count). The first-order valence-electron chi connectivity index (χ1n) is 16.0. The van der Waals surface area contributed by atoms with Crippen molar-refractivity contribution in [2.45, 2.75) is 23.6 Å². The second-order valence-electron chi connectivity index (χ2n) is 12.4. The van der Waals surface area contributed by atoms with Crippen LogP contribution in [0.1, 0.15) is 46.1 Å². The molecule has 1 aliphatic rings. The smallest absolute Gasteiger partial charge is 0.149 e. The van der Waals surface area contributed by atoms with Crippen LogP contribution in [0.25, 0.3) is 33.6 Å². The van der Waals surface area contributed by atoms with Crippen LogP contribution in [0.4, 0.5) is 0 Å². The minimum Gasteiger partial charge on any atom is -0.231 e. The number of hydrogen-bond donors (Lipinski definition) is 0. The number of aryl methyl sites for hydroxylation is 1. The summed E-state index contributed by atoms with van der Waals surface area (Å²) in [5, 5.41) is 0. The molecule has 3 heteroatoms. The van der Waals surface area contributed by atoms with Gasteiger partial charge < -0.3 is 0 Å². The maximum Gasteiger partial charge on any atom is 0.149 e. The number of fused-ring (bicyclic) bond motifs is 2. The van der Waals surface area contributed by atoms with Crippen molar-refractivity contribution in [2.24, 2.45) is 0 Å². The number of aromatic nitrogens is 2. The van der Waals surface area contributed by atoms with Gasteiger partial charge in [0.15, 0.2) is 0 Å². The van der Waals surface area contributed by atoms with Crippen LogP contribution in [-0.4, -0.2) is 9.97 Å². The van der Waals surface area contributed by atoms with Crippen molar-refractivity contribution in [1.82, 2.24) is 9.97 Å². The second-order valence-corrected chi connectivity index (χ2v) is 14.0. The Balaban J connectivity index is 1.50. The summed E-state index contributed by atoms with van der Waals surface area (Å²) in [7, 11) is 0. The molecule has 0 fully saturated rings. The Hall–Kier alpha value is -5.12. The van der Waals surface area contributed by atoms with E-state index in [1.807, 2.05) is 0 Å². The fourth-order valence-corrected chi connectivity index (χ4v) is 8.07. The molecular formula is C44H33BrN2. The normalized spacial score (nSPS) is 18.3. The van der Waals surface area contributed by atoms with Crippen molar-refractivity contribution >= 4 is 15.9 Å². The molecule has 0 bridgehead atoms. The van der Waals surface area contributed by atoms with E-state index in [-0.39, 0.29) is 0 Å². The molecule has 226 valence electrons. The van der Waals surface area contributed by atoms with Crippen molar-refractivity contribution < 1.29 is 0 Å². The molecule has 0 N–H and O–H groups in total. The van der Waals surface area contributed by atoms with Gasteiger partial charge in [-0.15, -0.1) is 0 Å². The Morgan fingerprint density at radius 1 is 0.426 bits per heavy atom. The summed E-state index contributed by atoms with van der Waals surface area (Å²) >= 11 is 4.20. The lowest BCUT2D eigenvalue weighted by atomic mass is 9.59. The van der Waals surface area contributed by atoms with E-state index in [0.29, 0.717) is 0 Å². The monoisotopic (exact) mass is 668 g/mol. The van der Waals surface area contributed by atoms with Crippen LogP contribution in [-0.2, 0) is 9.74 Å². The fraction of sp³-hybridized carbons (Fsp3) is 0.0909. The largest absolute Gasteiger partial charge is 0.231 e. The van der Waals surface area contributed by atoms with Crippen LogP contribution in [0.3, 0.4) is 0 Å². The molecule has 1 heterocycles. The van der Waals surface area contributed by atoms with Crippen LogP contribution in [0.2, 0.25) is 0 Å². The summed E-state index contributed by atoms with van der Waals surface area (Å²) in [6.07, 6.45) is 0. The first-order valence-corrected chi connectivity index (χ1v) is 16.8. The van der Waals surface area contributed by atoms with Gasteiger partial charge in [0.1, 0.15) is 11.2 Å². The molecule has 47 heavy (non-hydrogen) atoms. The topological polar surface area (TPSA) is 25.8 Å². The standard InChI is InChI=1S/C44H33BrN2/c1-30-16-9-10-23-35(30)44(38-26-13-11-24-36(38)43(2,45)37-25-12-14-27-39(37)44)42-46-40(32-19-7-4-8-20-32)29-41(47-42)34-22-15-21-33(28-34)31-17-5-3-6-18-31/h3-29H,1-2H3. The molecular weight excluding hydrogens is 636 g/mol. The van der Waals surface area contributed by atoms with Crippen molar-refractivity contribution in [3.8, 4) is 33.6 Å². The molecule has 0 spiro atoms. The van der Waals surface area contributed by atoms with Gasteiger partial charge in [0.2, 0.25) is 0 Å². The van der Waals surface area contributed by atoms with Crippen molar-refractivity contribution in [2.75, 3.05) is 0 Å². The first kappa shape index (κ1) is 29.3. The molecule has 0 radical (unpaired) electrons.